The van der Waals surface area contributed by atoms with E-state index in [4.69, 9.17) is 4.74 Å². The van der Waals surface area contributed by atoms with Crippen LogP contribution in [0, 0.1) is 0 Å². The van der Waals surface area contributed by atoms with Crippen LogP contribution < -0.4 is 26.0 Å². The first-order valence-electron chi connectivity index (χ1n) is 14.1. The van der Waals surface area contributed by atoms with E-state index in [0.29, 0.717) is 6.61 Å². The van der Waals surface area contributed by atoms with Crippen molar-refractivity contribution in [3.8, 4) is 5.75 Å². The molecule has 4 aromatic rings. The van der Waals surface area contributed by atoms with Gasteiger partial charge >= 0.3 is 245 Å². The quantitative estimate of drug-likeness (QED) is 0.106. The number of rotatable bonds is 13. The second kappa shape index (κ2) is 13.4. The third kappa shape index (κ3) is 6.02. The Morgan fingerprint density at radius 2 is 1.05 bits per heavy atom. The summed E-state index contributed by atoms with van der Waals surface area (Å²) in [7, 11) is 0. The van der Waals surface area contributed by atoms with Crippen molar-refractivity contribution in [2.24, 2.45) is 0 Å². The molecule has 0 amide bonds. The van der Waals surface area contributed by atoms with Gasteiger partial charge in [-0.3, -0.25) is 0 Å². The molecule has 0 saturated heterocycles. The summed E-state index contributed by atoms with van der Waals surface area (Å²) in [4.78, 5) is 0. The van der Waals surface area contributed by atoms with Crippen LogP contribution in [-0.2, 0) is 6.18 Å². The molecule has 0 N–H and O–H groups in total. The zero-order valence-electron chi connectivity index (χ0n) is 22.9. The predicted octanol–water partition coefficient (Wildman–Crippen LogP) is 9.30. The zero-order chi connectivity index (χ0) is 28.5. The Labute approximate surface area is 244 Å². The van der Waals surface area contributed by atoms with Crippen molar-refractivity contribution in [3.63, 3.8) is 0 Å². The van der Waals surface area contributed by atoms with E-state index in [1.54, 1.807) is 6.07 Å². The molecule has 0 fully saturated rings. The number of hydrogen-bond acceptors (Lipinski definition) is 1. The Balaban J connectivity index is 1.95. The maximum atomic E-state index is 15.0. The van der Waals surface area contributed by atoms with Gasteiger partial charge in [0.2, 0.25) is 0 Å². The van der Waals surface area contributed by atoms with E-state index < -0.39 is 17.0 Å². The molecule has 0 spiro atoms. The molecule has 0 atom stereocenters. The number of unbranched alkanes of at least 4 members (excludes halogenated alkanes) is 6. The molecule has 0 saturated carbocycles. The molecule has 0 aromatic heterocycles. The van der Waals surface area contributed by atoms with Crippen LogP contribution in [0.3, 0.4) is 0 Å². The summed E-state index contributed by atoms with van der Waals surface area (Å²) in [5, 5.41) is -1.66. The number of ether oxygens (including phenoxy) is 1. The van der Waals surface area contributed by atoms with Gasteiger partial charge in [0.25, 0.3) is 0 Å². The van der Waals surface area contributed by atoms with Crippen LogP contribution in [0.5, 0.6) is 5.75 Å². The molecule has 212 valence electrons. The summed E-state index contributed by atoms with van der Waals surface area (Å²) < 4.78 is 51.4. The third-order valence-corrected chi connectivity index (χ3v) is 17.3. The van der Waals surface area contributed by atoms with E-state index in [2.05, 4.69) is 22.4 Å². The van der Waals surface area contributed by atoms with Crippen LogP contribution in [0.4, 0.5) is 13.2 Å². The zero-order valence-corrected chi connectivity index (χ0v) is 25.4. The Hall–Kier alpha value is -2.62. The first-order valence-corrected chi connectivity index (χ1v) is 18.3. The SMILES string of the molecule is CCCCCCCCCOc1cccc(C(F)(F)F)c1P(Br)(c1ccccc1)(c1ccccc1)c1ccccc1. The molecule has 6 heteroatoms. The van der Waals surface area contributed by atoms with Gasteiger partial charge in [0, 0.05) is 0 Å². The topological polar surface area (TPSA) is 9.23 Å². The van der Waals surface area contributed by atoms with Crippen molar-refractivity contribution in [1.82, 2.24) is 0 Å². The van der Waals surface area contributed by atoms with Crippen LogP contribution in [-0.4, -0.2) is 6.61 Å². The fourth-order valence-electron chi connectivity index (χ4n) is 5.50. The monoisotopic (exact) mass is 628 g/mol. The van der Waals surface area contributed by atoms with Gasteiger partial charge < -0.3 is 0 Å². The van der Waals surface area contributed by atoms with E-state index in [0.717, 1.165) is 35.2 Å². The van der Waals surface area contributed by atoms with E-state index in [9.17, 15) is 0 Å². The van der Waals surface area contributed by atoms with Gasteiger partial charge in [0.1, 0.15) is 0 Å². The van der Waals surface area contributed by atoms with Crippen LogP contribution in [0.25, 0.3) is 0 Å². The van der Waals surface area contributed by atoms with Gasteiger partial charge in [-0.25, -0.2) is 0 Å². The van der Waals surface area contributed by atoms with Gasteiger partial charge in [0.05, 0.1) is 0 Å². The van der Waals surface area contributed by atoms with E-state index in [1.807, 2.05) is 91.0 Å². The number of hydrogen-bond donors (Lipinski definition) is 0. The van der Waals surface area contributed by atoms with Crippen molar-refractivity contribution in [2.45, 2.75) is 58.0 Å². The van der Waals surface area contributed by atoms with E-state index in [-0.39, 0.29) is 11.1 Å². The minimum atomic E-state index is -4.59. The Bertz CT molecular complexity index is 1240. The van der Waals surface area contributed by atoms with Crippen LogP contribution in [0.2, 0.25) is 0 Å². The van der Waals surface area contributed by atoms with Crippen LogP contribution in [0.15, 0.2) is 109 Å². The average Bonchev–Trinajstić information content (AvgIpc) is 2.99. The summed E-state index contributed by atoms with van der Waals surface area (Å²) >= 11 is 4.23. The van der Waals surface area contributed by atoms with Crippen LogP contribution in [0.1, 0.15) is 57.4 Å². The Morgan fingerprint density at radius 3 is 1.50 bits per heavy atom. The molecule has 0 heterocycles. The van der Waals surface area contributed by atoms with Gasteiger partial charge in [-0.05, 0) is 0 Å². The second-order valence-corrected chi connectivity index (χ2v) is 18.4. The first kappa shape index (κ1) is 30.3. The molecule has 0 bridgehead atoms. The normalized spacial score (nSPS) is 13.0. The molecule has 4 aromatic carbocycles. The second-order valence-electron chi connectivity index (χ2n) is 10.1. The Morgan fingerprint density at radius 1 is 0.600 bits per heavy atom. The van der Waals surface area contributed by atoms with Crippen molar-refractivity contribution < 1.29 is 17.9 Å². The number of halogens is 4. The summed E-state index contributed by atoms with van der Waals surface area (Å²) in [6.07, 6.45) is 3.13. The van der Waals surface area contributed by atoms with Gasteiger partial charge in [-0.2, -0.15) is 0 Å². The molecule has 0 aliphatic heterocycles. The number of alkyl halides is 3. The molecule has 40 heavy (non-hydrogen) atoms. The summed E-state index contributed by atoms with van der Waals surface area (Å²) in [6, 6.07) is 32.9. The molecule has 0 aliphatic rings. The van der Waals surface area contributed by atoms with E-state index >= 15 is 13.2 Å². The molecular formula is C34H37BrF3OP. The molecule has 1 nitrogen and oxygen atoms in total. The number of benzene rings is 4. The van der Waals surface area contributed by atoms with Crippen molar-refractivity contribution in [2.75, 3.05) is 6.61 Å². The summed E-state index contributed by atoms with van der Waals surface area (Å²) in [5.41, 5.74) is -0.685. The van der Waals surface area contributed by atoms with E-state index in [1.165, 1.54) is 37.8 Å². The molecule has 4 rings (SSSR count). The Kier molecular flexibility index (Phi) is 10.1. The molecule has 0 aliphatic carbocycles. The van der Waals surface area contributed by atoms with Crippen molar-refractivity contribution >= 4 is 42.0 Å². The predicted molar refractivity (Wildman–Crippen MR) is 169 cm³/mol. The van der Waals surface area contributed by atoms with Gasteiger partial charge in [-0.1, -0.05) is 0 Å². The fourth-order valence-corrected chi connectivity index (χ4v) is 13.8. The van der Waals surface area contributed by atoms with Crippen molar-refractivity contribution in [1.29, 1.82) is 0 Å². The minimum absolute atomic E-state index is 0.160. The molecule has 0 unspecified atom stereocenters. The fraction of sp³-hybridized carbons (Fsp3) is 0.294. The van der Waals surface area contributed by atoms with Gasteiger partial charge in [-0.15, -0.1) is 0 Å². The standard InChI is InChI=1S/C34H37BrF3OP/c1-2-3-4-5-6-7-17-27-39-32-26-18-25-31(34(36,37)38)33(32)40(35,28-19-11-8-12-20-28,29-21-13-9-14-22-29)30-23-15-10-16-24-30/h8-16,18-26H,2-7,17,27H2,1H3. The maximum absolute atomic E-state index is 15.0. The van der Waals surface area contributed by atoms with Gasteiger partial charge in [0.15, 0.2) is 0 Å². The van der Waals surface area contributed by atoms with Crippen LogP contribution >= 0.6 is 20.8 Å². The molecular weight excluding hydrogens is 592 g/mol. The molecule has 0 radical (unpaired) electrons. The average molecular weight is 630 g/mol. The third-order valence-electron chi connectivity index (χ3n) is 7.45. The summed E-state index contributed by atoms with van der Waals surface area (Å²) in [5.74, 6) is 0.270. The first-order chi connectivity index (χ1) is 19.3. The summed E-state index contributed by atoms with van der Waals surface area (Å²) in [6.45, 7) is 2.56. The van der Waals surface area contributed by atoms with Crippen molar-refractivity contribution in [3.05, 3.63) is 115 Å².